The number of halogens is 2. The molecule has 2 aromatic carbocycles. The van der Waals surface area contributed by atoms with Gasteiger partial charge in [-0.1, -0.05) is 29.8 Å². The summed E-state index contributed by atoms with van der Waals surface area (Å²) in [4.78, 5) is 0.0629. The first-order valence-electron chi connectivity index (χ1n) is 7.64. The molecule has 2 heterocycles. The Labute approximate surface area is 172 Å². The van der Waals surface area contributed by atoms with Crippen LogP contribution in [0.4, 0.5) is 5.82 Å². The maximum atomic E-state index is 12.8. The molecule has 7 nitrogen and oxygen atoms in total. The number of hydrogen-bond donors (Lipinski definition) is 1. The van der Waals surface area contributed by atoms with Crippen LogP contribution in [0.3, 0.4) is 0 Å². The lowest BCUT2D eigenvalue weighted by molar-refractivity contribution is 0.601. The van der Waals surface area contributed by atoms with Crippen molar-refractivity contribution < 1.29 is 8.42 Å². The number of nitrogens with zero attached hydrogens (tertiary/aromatic N) is 4. The topological polar surface area (TPSA) is 89.8 Å². The normalized spacial score (nSPS) is 11.8. The van der Waals surface area contributed by atoms with Gasteiger partial charge in [-0.3, -0.25) is 9.40 Å². The van der Waals surface area contributed by atoms with Gasteiger partial charge in [-0.2, -0.15) is 13.8 Å². The van der Waals surface area contributed by atoms with Gasteiger partial charge in [0.15, 0.2) is 5.82 Å². The highest BCUT2D eigenvalue weighted by molar-refractivity contribution is 9.10. The van der Waals surface area contributed by atoms with Gasteiger partial charge < -0.3 is 0 Å². The summed E-state index contributed by atoms with van der Waals surface area (Å²) in [5, 5.41) is 4.97. The molecule has 0 amide bonds. The van der Waals surface area contributed by atoms with Gasteiger partial charge in [0.05, 0.1) is 22.7 Å². The third-order valence-electron chi connectivity index (χ3n) is 3.74. The van der Waals surface area contributed by atoms with Crippen molar-refractivity contribution in [1.82, 2.24) is 18.5 Å². The van der Waals surface area contributed by atoms with Gasteiger partial charge in [-0.25, -0.2) is 8.42 Å². The SMILES string of the molecule is O=S(=O)(Nc1nn(Cc2ccc(Cl)cc2)cc1Br)c1cccc2nsnc12. The molecule has 0 saturated heterocycles. The quantitative estimate of drug-likeness (QED) is 0.459. The predicted molar refractivity (Wildman–Crippen MR) is 109 cm³/mol. The molecule has 4 rings (SSSR count). The lowest BCUT2D eigenvalue weighted by atomic mass is 10.2. The fraction of sp³-hybridized carbons (Fsp3) is 0.0625. The molecule has 11 heteroatoms. The van der Waals surface area contributed by atoms with Crippen molar-refractivity contribution in [1.29, 1.82) is 0 Å². The molecule has 138 valence electrons. The Hall–Kier alpha value is -2.01. The predicted octanol–water partition coefficient (Wildman–Crippen LogP) is 4.15. The van der Waals surface area contributed by atoms with Crippen molar-refractivity contribution in [2.24, 2.45) is 0 Å². The molecule has 0 spiro atoms. The standard InChI is InChI=1S/C16H11BrClN5O2S2/c17-12-9-23(8-10-4-6-11(18)7-5-10)19-16(12)22-27(24,25)14-3-1-2-13-15(14)21-26-20-13/h1-7,9H,8H2,(H,19,22). The summed E-state index contributed by atoms with van der Waals surface area (Å²) in [6, 6.07) is 12.2. The molecule has 1 N–H and O–H groups in total. The van der Waals surface area contributed by atoms with Crippen LogP contribution < -0.4 is 4.72 Å². The molecule has 0 aliphatic rings. The minimum atomic E-state index is -3.87. The van der Waals surface area contributed by atoms with Crippen LogP contribution in [-0.2, 0) is 16.6 Å². The monoisotopic (exact) mass is 483 g/mol. The minimum absolute atomic E-state index is 0.0629. The molecule has 0 saturated carbocycles. The lowest BCUT2D eigenvalue weighted by Gasteiger charge is -2.06. The number of benzene rings is 2. The van der Waals surface area contributed by atoms with E-state index in [2.05, 4.69) is 34.5 Å². The lowest BCUT2D eigenvalue weighted by Crippen LogP contribution is -2.14. The second-order valence-corrected chi connectivity index (χ2v) is 9.11. The molecule has 0 bridgehead atoms. The van der Waals surface area contributed by atoms with Gasteiger partial charge in [-0.15, -0.1) is 0 Å². The maximum Gasteiger partial charge on any atom is 0.265 e. The van der Waals surface area contributed by atoms with E-state index in [4.69, 9.17) is 11.6 Å². The van der Waals surface area contributed by atoms with Crippen LogP contribution in [-0.4, -0.2) is 26.9 Å². The van der Waals surface area contributed by atoms with Gasteiger partial charge in [-0.05, 0) is 45.8 Å². The summed E-state index contributed by atoms with van der Waals surface area (Å²) in [6.45, 7) is 0.475. The van der Waals surface area contributed by atoms with Crippen LogP contribution in [0.5, 0.6) is 0 Å². The molecular weight excluding hydrogens is 474 g/mol. The highest BCUT2D eigenvalue weighted by atomic mass is 79.9. The zero-order valence-electron chi connectivity index (χ0n) is 13.5. The Kier molecular flexibility index (Phi) is 4.89. The number of nitrogens with one attached hydrogen (secondary N) is 1. The minimum Gasteiger partial charge on any atom is -0.265 e. The Balaban J connectivity index is 1.61. The first-order valence-corrected chi connectivity index (χ1v) is 11.0. The van der Waals surface area contributed by atoms with Crippen LogP contribution in [0.15, 0.2) is 58.0 Å². The molecule has 27 heavy (non-hydrogen) atoms. The van der Waals surface area contributed by atoms with Crippen molar-refractivity contribution >= 4 is 66.1 Å². The van der Waals surface area contributed by atoms with Crippen molar-refractivity contribution in [2.45, 2.75) is 11.4 Å². The number of fused-ring (bicyclic) bond motifs is 1. The summed E-state index contributed by atoms with van der Waals surface area (Å²) in [6.07, 6.45) is 1.71. The summed E-state index contributed by atoms with van der Waals surface area (Å²) in [5.74, 6) is 0.198. The molecule has 0 aliphatic carbocycles. The van der Waals surface area contributed by atoms with Crippen LogP contribution >= 0.6 is 39.3 Å². The second-order valence-electron chi connectivity index (χ2n) is 5.64. The van der Waals surface area contributed by atoms with E-state index >= 15 is 0 Å². The van der Waals surface area contributed by atoms with Crippen molar-refractivity contribution in [2.75, 3.05) is 4.72 Å². The van der Waals surface area contributed by atoms with Gasteiger partial charge in [0.1, 0.15) is 15.9 Å². The number of aromatic nitrogens is 4. The largest absolute Gasteiger partial charge is 0.265 e. The molecular formula is C16H11BrClN5O2S2. The maximum absolute atomic E-state index is 12.8. The number of sulfonamides is 1. The highest BCUT2D eigenvalue weighted by Crippen LogP contribution is 2.27. The van der Waals surface area contributed by atoms with E-state index in [1.807, 2.05) is 12.1 Å². The average Bonchev–Trinajstić information content (AvgIpc) is 3.23. The zero-order chi connectivity index (χ0) is 19.0. The van der Waals surface area contributed by atoms with E-state index in [0.717, 1.165) is 17.3 Å². The fourth-order valence-corrected chi connectivity index (χ4v) is 4.96. The first-order chi connectivity index (χ1) is 12.9. The van der Waals surface area contributed by atoms with Crippen LogP contribution in [0, 0.1) is 0 Å². The number of rotatable bonds is 5. The first kappa shape index (κ1) is 18.4. The third-order valence-corrected chi connectivity index (χ3v) is 6.49. The number of anilines is 1. The Morgan fingerprint density at radius 3 is 2.70 bits per heavy atom. The van der Waals surface area contributed by atoms with Crippen LogP contribution in [0.1, 0.15) is 5.56 Å². The fourth-order valence-electron chi connectivity index (χ4n) is 2.50. The molecule has 2 aromatic heterocycles. The number of hydrogen-bond acceptors (Lipinski definition) is 6. The third kappa shape index (κ3) is 3.84. The summed E-state index contributed by atoms with van der Waals surface area (Å²) >= 11 is 10.2. The van der Waals surface area contributed by atoms with E-state index in [-0.39, 0.29) is 10.7 Å². The van der Waals surface area contributed by atoms with E-state index < -0.39 is 10.0 Å². The molecule has 0 unspecified atom stereocenters. The van der Waals surface area contributed by atoms with E-state index in [1.165, 1.54) is 6.07 Å². The average molecular weight is 485 g/mol. The second kappa shape index (κ2) is 7.19. The molecule has 4 aromatic rings. The molecule has 0 atom stereocenters. The van der Waals surface area contributed by atoms with Crippen molar-refractivity contribution in [3.05, 3.63) is 63.7 Å². The van der Waals surface area contributed by atoms with Gasteiger partial charge in [0.25, 0.3) is 10.0 Å². The van der Waals surface area contributed by atoms with Crippen LogP contribution in [0.25, 0.3) is 11.0 Å². The van der Waals surface area contributed by atoms with Gasteiger partial charge in [0.2, 0.25) is 0 Å². The zero-order valence-corrected chi connectivity index (χ0v) is 17.5. The molecule has 0 aliphatic heterocycles. The van der Waals surface area contributed by atoms with Gasteiger partial charge >= 0.3 is 0 Å². The van der Waals surface area contributed by atoms with Crippen molar-refractivity contribution in [3.8, 4) is 0 Å². The van der Waals surface area contributed by atoms with Gasteiger partial charge in [0, 0.05) is 11.2 Å². The van der Waals surface area contributed by atoms with Crippen molar-refractivity contribution in [3.63, 3.8) is 0 Å². The Morgan fingerprint density at radius 2 is 1.93 bits per heavy atom. The molecule has 0 fully saturated rings. The van der Waals surface area contributed by atoms with Crippen LogP contribution in [0.2, 0.25) is 5.02 Å². The summed E-state index contributed by atoms with van der Waals surface area (Å²) in [5.41, 5.74) is 1.86. The summed E-state index contributed by atoms with van der Waals surface area (Å²) in [7, 11) is -3.87. The Morgan fingerprint density at radius 1 is 1.15 bits per heavy atom. The Bertz CT molecular complexity index is 1220. The van der Waals surface area contributed by atoms with E-state index in [1.54, 1.807) is 35.1 Å². The highest BCUT2D eigenvalue weighted by Gasteiger charge is 2.22. The van der Waals surface area contributed by atoms with E-state index in [9.17, 15) is 8.42 Å². The smallest absolute Gasteiger partial charge is 0.265 e. The van der Waals surface area contributed by atoms with E-state index in [0.29, 0.717) is 27.1 Å². The molecule has 0 radical (unpaired) electrons. The summed E-state index contributed by atoms with van der Waals surface area (Å²) < 4.78 is 38.5.